The van der Waals surface area contributed by atoms with Crippen LogP contribution in [0.4, 0.5) is 17.6 Å². The summed E-state index contributed by atoms with van der Waals surface area (Å²) in [5.41, 5.74) is 1.32. The van der Waals surface area contributed by atoms with Gasteiger partial charge in [-0.05, 0) is 37.5 Å². The first-order valence-electron chi connectivity index (χ1n) is 8.36. The van der Waals surface area contributed by atoms with Crippen LogP contribution in [0.1, 0.15) is 24.5 Å². The number of hydrogen-bond acceptors (Lipinski definition) is 2. The van der Waals surface area contributed by atoms with Gasteiger partial charge in [0.2, 0.25) is 0 Å². The Morgan fingerprint density at radius 3 is 2.76 bits per heavy atom. The second-order valence-electron chi connectivity index (χ2n) is 6.26. The highest BCUT2D eigenvalue weighted by Crippen LogP contribution is 2.20. The van der Waals surface area contributed by atoms with Gasteiger partial charge in [-0.3, -0.25) is 4.90 Å². The van der Waals surface area contributed by atoms with Crippen LogP contribution >= 0.6 is 0 Å². The van der Waals surface area contributed by atoms with Gasteiger partial charge in [-0.15, -0.1) is 0 Å². The molecule has 1 aliphatic heterocycles. The van der Waals surface area contributed by atoms with E-state index in [-0.39, 0.29) is 11.9 Å². The monoisotopic (exact) mass is 360 g/mol. The number of benzene rings is 1. The smallest absolute Gasteiger partial charge is 0.357 e. The second-order valence-corrected chi connectivity index (χ2v) is 6.26. The van der Waals surface area contributed by atoms with Crippen LogP contribution in [0.3, 0.4) is 0 Å². The summed E-state index contributed by atoms with van der Waals surface area (Å²) < 4.78 is 51.0. The number of nitrogens with zero attached hydrogens (tertiary/aromatic N) is 2. The van der Waals surface area contributed by atoms with Gasteiger partial charge in [-0.25, -0.2) is 9.38 Å². The third-order valence-corrected chi connectivity index (χ3v) is 4.02. The maximum Gasteiger partial charge on any atom is 0.401 e. The van der Waals surface area contributed by atoms with Crippen molar-refractivity contribution in [2.45, 2.75) is 39.0 Å². The maximum atomic E-state index is 13.6. The maximum absolute atomic E-state index is 13.6. The standard InChI is InChI=1S/C17H24F4N4/c1-3-22-16(23-9-13-5-4-12(2)15(18)8-13)24-14-6-7-25(10-14)11-17(19,20)21/h4-5,8,14H,3,6-7,9-11H2,1-2H3,(H2,22,23,24). The molecule has 8 heteroatoms. The van der Waals surface area contributed by atoms with Crippen LogP contribution in [0.25, 0.3) is 0 Å². The number of nitrogens with one attached hydrogen (secondary N) is 2. The van der Waals surface area contributed by atoms with Gasteiger partial charge in [0.1, 0.15) is 5.82 Å². The van der Waals surface area contributed by atoms with E-state index >= 15 is 0 Å². The summed E-state index contributed by atoms with van der Waals surface area (Å²) in [5.74, 6) is 0.256. The lowest BCUT2D eigenvalue weighted by Crippen LogP contribution is -2.45. The summed E-state index contributed by atoms with van der Waals surface area (Å²) in [6.07, 6.45) is -3.55. The number of likely N-dealkylation sites (tertiary alicyclic amines) is 1. The summed E-state index contributed by atoms with van der Waals surface area (Å²) >= 11 is 0. The minimum atomic E-state index is -4.18. The zero-order chi connectivity index (χ0) is 18.4. The third kappa shape index (κ3) is 6.53. The molecule has 1 unspecified atom stereocenters. The Labute approximate surface area is 145 Å². The molecule has 0 amide bonds. The van der Waals surface area contributed by atoms with Crippen molar-refractivity contribution in [3.63, 3.8) is 0 Å². The van der Waals surface area contributed by atoms with E-state index in [4.69, 9.17) is 0 Å². The molecule has 4 nitrogen and oxygen atoms in total. The third-order valence-electron chi connectivity index (χ3n) is 4.02. The first-order valence-corrected chi connectivity index (χ1v) is 8.36. The van der Waals surface area contributed by atoms with Crippen molar-refractivity contribution >= 4 is 5.96 Å². The van der Waals surface area contributed by atoms with E-state index in [2.05, 4.69) is 15.6 Å². The van der Waals surface area contributed by atoms with Crippen LogP contribution in [0.5, 0.6) is 0 Å². The highest BCUT2D eigenvalue weighted by atomic mass is 19.4. The van der Waals surface area contributed by atoms with Crippen LogP contribution in [0.2, 0.25) is 0 Å². The van der Waals surface area contributed by atoms with Gasteiger partial charge in [0, 0.05) is 25.7 Å². The summed E-state index contributed by atoms with van der Waals surface area (Å²) in [7, 11) is 0. The van der Waals surface area contributed by atoms with Crippen molar-refractivity contribution in [3.8, 4) is 0 Å². The number of hydrogen-bond donors (Lipinski definition) is 2. The molecule has 0 saturated carbocycles. The largest absolute Gasteiger partial charge is 0.401 e. The minimum Gasteiger partial charge on any atom is -0.357 e. The molecule has 0 aromatic heterocycles. The number of alkyl halides is 3. The molecule has 0 aliphatic carbocycles. The van der Waals surface area contributed by atoms with Gasteiger partial charge in [-0.2, -0.15) is 13.2 Å². The Morgan fingerprint density at radius 2 is 2.12 bits per heavy atom. The fourth-order valence-corrected chi connectivity index (χ4v) is 2.77. The van der Waals surface area contributed by atoms with Gasteiger partial charge >= 0.3 is 6.18 Å². The van der Waals surface area contributed by atoms with Gasteiger partial charge in [0.25, 0.3) is 0 Å². The molecule has 1 aliphatic rings. The second kappa shape index (κ2) is 8.51. The molecule has 1 heterocycles. The summed E-state index contributed by atoms with van der Waals surface area (Å²) in [6.45, 7) is 4.37. The molecule has 2 rings (SSSR count). The van der Waals surface area contributed by atoms with Crippen molar-refractivity contribution < 1.29 is 17.6 Å². The molecule has 1 fully saturated rings. The van der Waals surface area contributed by atoms with Crippen molar-refractivity contribution in [1.29, 1.82) is 0 Å². The molecule has 1 atom stereocenters. The predicted octanol–water partition coefficient (Wildman–Crippen LogP) is 2.83. The van der Waals surface area contributed by atoms with E-state index < -0.39 is 12.7 Å². The predicted molar refractivity (Wildman–Crippen MR) is 90.0 cm³/mol. The van der Waals surface area contributed by atoms with Gasteiger partial charge in [0.15, 0.2) is 5.96 Å². The Hall–Kier alpha value is -1.83. The van der Waals surface area contributed by atoms with Crippen molar-refractivity contribution in [1.82, 2.24) is 15.5 Å². The molecular formula is C17H24F4N4. The van der Waals surface area contributed by atoms with Crippen molar-refractivity contribution in [2.75, 3.05) is 26.2 Å². The number of rotatable bonds is 5. The number of halogens is 4. The Morgan fingerprint density at radius 1 is 1.36 bits per heavy atom. The first-order chi connectivity index (χ1) is 11.8. The van der Waals surface area contributed by atoms with E-state index in [1.54, 1.807) is 13.0 Å². The van der Waals surface area contributed by atoms with Gasteiger partial charge in [0.05, 0.1) is 13.1 Å². The number of aliphatic imine (C=N–C) groups is 1. The lowest BCUT2D eigenvalue weighted by molar-refractivity contribution is -0.143. The normalized spacial score (nSPS) is 19.3. The molecule has 1 saturated heterocycles. The zero-order valence-corrected chi connectivity index (χ0v) is 14.5. The average Bonchev–Trinajstić information content (AvgIpc) is 2.93. The molecule has 0 radical (unpaired) electrons. The fraction of sp³-hybridized carbons (Fsp3) is 0.588. The van der Waals surface area contributed by atoms with Crippen LogP contribution < -0.4 is 10.6 Å². The molecule has 140 valence electrons. The summed E-state index contributed by atoms with van der Waals surface area (Å²) in [6, 6.07) is 4.87. The fourth-order valence-electron chi connectivity index (χ4n) is 2.77. The molecule has 2 N–H and O–H groups in total. The van der Waals surface area contributed by atoms with E-state index in [0.717, 1.165) is 5.56 Å². The van der Waals surface area contributed by atoms with Crippen LogP contribution in [0, 0.1) is 12.7 Å². The first kappa shape index (κ1) is 19.5. The van der Waals surface area contributed by atoms with E-state index in [9.17, 15) is 17.6 Å². The van der Waals surface area contributed by atoms with Gasteiger partial charge in [-0.1, -0.05) is 12.1 Å². The Bertz CT molecular complexity index is 601. The zero-order valence-electron chi connectivity index (χ0n) is 14.5. The molecule has 1 aromatic rings. The van der Waals surface area contributed by atoms with Crippen LogP contribution in [-0.2, 0) is 6.54 Å². The Kier molecular flexibility index (Phi) is 6.64. The Balaban J connectivity index is 1.93. The molecule has 0 bridgehead atoms. The average molecular weight is 360 g/mol. The lowest BCUT2D eigenvalue weighted by Gasteiger charge is -2.19. The van der Waals surface area contributed by atoms with Gasteiger partial charge < -0.3 is 10.6 Å². The highest BCUT2D eigenvalue weighted by molar-refractivity contribution is 5.80. The van der Waals surface area contributed by atoms with Crippen molar-refractivity contribution in [2.24, 2.45) is 4.99 Å². The van der Waals surface area contributed by atoms with Crippen molar-refractivity contribution in [3.05, 3.63) is 35.1 Å². The van der Waals surface area contributed by atoms with E-state index in [1.807, 2.05) is 13.0 Å². The van der Waals surface area contributed by atoms with Crippen LogP contribution in [0.15, 0.2) is 23.2 Å². The molecule has 25 heavy (non-hydrogen) atoms. The summed E-state index contributed by atoms with van der Waals surface area (Å²) in [5, 5.41) is 6.24. The SMILES string of the molecule is CCNC(=NCc1ccc(C)c(F)c1)NC1CCN(CC(F)(F)F)C1. The quantitative estimate of drug-likeness (QED) is 0.482. The van der Waals surface area contributed by atoms with E-state index in [0.29, 0.717) is 44.1 Å². The van der Waals surface area contributed by atoms with E-state index in [1.165, 1.54) is 11.0 Å². The molecule has 0 spiro atoms. The summed E-state index contributed by atoms with van der Waals surface area (Å²) in [4.78, 5) is 5.79. The number of guanidine groups is 1. The minimum absolute atomic E-state index is 0.0881. The molecule has 1 aromatic carbocycles. The van der Waals surface area contributed by atoms with Crippen LogP contribution in [-0.4, -0.2) is 49.3 Å². The molecular weight excluding hydrogens is 336 g/mol. The topological polar surface area (TPSA) is 39.7 Å². The lowest BCUT2D eigenvalue weighted by atomic mass is 10.1. The highest BCUT2D eigenvalue weighted by Gasteiger charge is 2.34. The number of aryl methyl sites for hydroxylation is 1.